The molecule has 0 fully saturated rings. The lowest BCUT2D eigenvalue weighted by atomic mass is 10.4. The van der Waals surface area contributed by atoms with E-state index in [-0.39, 0.29) is 0 Å². The summed E-state index contributed by atoms with van der Waals surface area (Å²) in [4.78, 5) is 0. The molecule has 0 aliphatic carbocycles. The van der Waals surface area contributed by atoms with Crippen LogP contribution in [0.1, 0.15) is 12.0 Å². The number of hydrogen-bond acceptors (Lipinski definition) is 3. The van der Waals surface area contributed by atoms with Crippen molar-refractivity contribution in [3.05, 3.63) is 16.0 Å². The van der Waals surface area contributed by atoms with E-state index in [0.717, 1.165) is 28.7 Å². The lowest BCUT2D eigenvalue weighted by Gasteiger charge is -2.14. The topological polar surface area (TPSA) is 37.4 Å². The van der Waals surface area contributed by atoms with Gasteiger partial charge in [-0.25, -0.2) is 12.7 Å². The molecule has 0 amide bonds. The third-order valence-electron chi connectivity index (χ3n) is 2.11. The van der Waals surface area contributed by atoms with E-state index in [9.17, 15) is 8.42 Å². The van der Waals surface area contributed by atoms with Crippen molar-refractivity contribution in [2.75, 3.05) is 18.9 Å². The van der Waals surface area contributed by atoms with E-state index in [1.54, 1.807) is 20.0 Å². The van der Waals surface area contributed by atoms with Gasteiger partial charge in [-0.15, -0.1) is 11.3 Å². The second-order valence-electron chi connectivity index (χ2n) is 3.39. The van der Waals surface area contributed by atoms with Crippen LogP contribution in [0.15, 0.2) is 10.3 Å². The van der Waals surface area contributed by atoms with E-state index >= 15 is 0 Å². The summed E-state index contributed by atoms with van der Waals surface area (Å²) in [5.41, 5.74) is 0.805. The van der Waals surface area contributed by atoms with Crippen LogP contribution in [0.2, 0.25) is 4.34 Å². The van der Waals surface area contributed by atoms with Crippen molar-refractivity contribution < 1.29 is 8.42 Å². The van der Waals surface area contributed by atoms with Crippen LogP contribution in [0.25, 0.3) is 0 Å². The van der Waals surface area contributed by atoms with Crippen LogP contribution < -0.4 is 0 Å². The van der Waals surface area contributed by atoms with Gasteiger partial charge in [0.25, 0.3) is 10.0 Å². The van der Waals surface area contributed by atoms with Gasteiger partial charge in [-0.1, -0.05) is 27.5 Å². The summed E-state index contributed by atoms with van der Waals surface area (Å²) in [6.07, 6.45) is 0.786. The predicted octanol–water partition coefficient (Wildman–Crippen LogP) is 3.12. The average molecular weight is 347 g/mol. The molecule has 16 heavy (non-hydrogen) atoms. The van der Waals surface area contributed by atoms with E-state index in [4.69, 9.17) is 11.6 Å². The molecule has 0 bridgehead atoms. The van der Waals surface area contributed by atoms with Crippen LogP contribution in [0.4, 0.5) is 0 Å². The van der Waals surface area contributed by atoms with Crippen molar-refractivity contribution in [1.29, 1.82) is 0 Å². The Bertz CT molecular complexity index is 439. The van der Waals surface area contributed by atoms with Gasteiger partial charge in [-0.3, -0.25) is 0 Å². The highest BCUT2D eigenvalue weighted by molar-refractivity contribution is 9.09. The van der Waals surface area contributed by atoms with Gasteiger partial charge in [0.1, 0.15) is 4.21 Å². The Labute approximate surface area is 114 Å². The molecule has 7 heteroatoms. The van der Waals surface area contributed by atoms with Crippen molar-refractivity contribution in [2.45, 2.75) is 17.6 Å². The third kappa shape index (κ3) is 3.20. The lowest BCUT2D eigenvalue weighted by Crippen LogP contribution is -2.27. The Morgan fingerprint density at radius 2 is 2.19 bits per heavy atom. The Kier molecular flexibility index (Phi) is 5.25. The SMILES string of the molecule is Cc1cc(S(=O)(=O)N(C)CCCBr)sc1Cl. The molecule has 92 valence electrons. The molecule has 0 radical (unpaired) electrons. The van der Waals surface area contributed by atoms with E-state index in [0.29, 0.717) is 15.1 Å². The summed E-state index contributed by atoms with van der Waals surface area (Å²) in [6.45, 7) is 2.30. The first kappa shape index (κ1) is 14.4. The van der Waals surface area contributed by atoms with Gasteiger partial charge >= 0.3 is 0 Å². The quantitative estimate of drug-likeness (QED) is 0.768. The zero-order valence-electron chi connectivity index (χ0n) is 9.03. The predicted molar refractivity (Wildman–Crippen MR) is 72.3 cm³/mol. The third-order valence-corrected chi connectivity index (χ3v) is 6.53. The van der Waals surface area contributed by atoms with Gasteiger partial charge in [-0.05, 0) is 25.0 Å². The summed E-state index contributed by atoms with van der Waals surface area (Å²) >= 11 is 10.3. The van der Waals surface area contributed by atoms with E-state index in [2.05, 4.69) is 15.9 Å². The molecule has 0 aromatic carbocycles. The first-order chi connectivity index (χ1) is 7.39. The number of thiophene rings is 1. The molecule has 1 heterocycles. The van der Waals surface area contributed by atoms with Crippen molar-refractivity contribution in [3.8, 4) is 0 Å². The van der Waals surface area contributed by atoms with Gasteiger partial charge in [0.2, 0.25) is 0 Å². The number of sulfonamides is 1. The van der Waals surface area contributed by atoms with Gasteiger partial charge in [-0.2, -0.15) is 0 Å². The Morgan fingerprint density at radius 1 is 1.56 bits per heavy atom. The number of aryl methyl sites for hydroxylation is 1. The van der Waals surface area contributed by atoms with Crippen molar-refractivity contribution in [2.24, 2.45) is 0 Å². The second kappa shape index (κ2) is 5.82. The monoisotopic (exact) mass is 345 g/mol. The highest BCUT2D eigenvalue weighted by atomic mass is 79.9. The van der Waals surface area contributed by atoms with Gasteiger partial charge in [0.05, 0.1) is 4.34 Å². The number of alkyl halides is 1. The molecule has 0 atom stereocenters. The Balaban J connectivity index is 2.93. The van der Waals surface area contributed by atoms with Crippen LogP contribution in [0.3, 0.4) is 0 Å². The fraction of sp³-hybridized carbons (Fsp3) is 0.556. The van der Waals surface area contributed by atoms with Gasteiger partial charge in [0.15, 0.2) is 0 Å². The largest absolute Gasteiger partial charge is 0.252 e. The minimum absolute atomic E-state index is 0.312. The number of halogens is 2. The second-order valence-corrected chi connectivity index (χ2v) is 8.11. The minimum atomic E-state index is -3.37. The summed E-state index contributed by atoms with van der Waals surface area (Å²) in [7, 11) is -1.78. The molecule has 0 aliphatic rings. The highest BCUT2D eigenvalue weighted by Crippen LogP contribution is 2.31. The Morgan fingerprint density at radius 3 is 2.62 bits per heavy atom. The zero-order chi connectivity index (χ0) is 12.3. The first-order valence-corrected chi connectivity index (χ1v) is 8.43. The van der Waals surface area contributed by atoms with Crippen LogP contribution in [-0.2, 0) is 10.0 Å². The summed E-state index contributed by atoms with van der Waals surface area (Å²) < 4.78 is 26.3. The lowest BCUT2D eigenvalue weighted by molar-refractivity contribution is 0.472. The minimum Gasteiger partial charge on any atom is -0.206 e. The fourth-order valence-corrected chi connectivity index (χ4v) is 4.49. The molecule has 0 N–H and O–H groups in total. The molecule has 0 aliphatic heterocycles. The van der Waals surface area contributed by atoms with Gasteiger partial charge < -0.3 is 0 Å². The van der Waals surface area contributed by atoms with E-state index in [1.807, 2.05) is 0 Å². The number of rotatable bonds is 5. The molecule has 0 unspecified atom stereocenters. The number of nitrogens with zero attached hydrogens (tertiary/aromatic N) is 1. The maximum absolute atomic E-state index is 12.1. The molecule has 1 aromatic rings. The molecular formula is C9H13BrClNO2S2. The van der Waals surface area contributed by atoms with E-state index < -0.39 is 10.0 Å². The smallest absolute Gasteiger partial charge is 0.206 e. The average Bonchev–Trinajstić information content (AvgIpc) is 2.56. The number of hydrogen-bond donors (Lipinski definition) is 0. The standard InChI is InChI=1S/C9H13BrClNO2S2/c1-7-6-8(15-9(7)11)16(13,14)12(2)5-3-4-10/h6H,3-5H2,1-2H3. The maximum atomic E-state index is 12.1. The molecule has 1 aromatic heterocycles. The zero-order valence-corrected chi connectivity index (χ0v) is 13.0. The molecular weight excluding hydrogens is 334 g/mol. The summed E-state index contributed by atoms with van der Waals surface area (Å²) in [6, 6.07) is 1.62. The first-order valence-electron chi connectivity index (χ1n) is 4.68. The van der Waals surface area contributed by atoms with Crippen molar-refractivity contribution >= 4 is 48.9 Å². The highest BCUT2D eigenvalue weighted by Gasteiger charge is 2.23. The normalized spacial score (nSPS) is 12.3. The molecule has 1 rings (SSSR count). The van der Waals surface area contributed by atoms with Crippen LogP contribution in [0.5, 0.6) is 0 Å². The van der Waals surface area contributed by atoms with Crippen molar-refractivity contribution in [3.63, 3.8) is 0 Å². The fourth-order valence-electron chi connectivity index (χ4n) is 1.12. The van der Waals surface area contributed by atoms with Gasteiger partial charge in [0, 0.05) is 18.9 Å². The Hall–Kier alpha value is 0.380. The molecule has 0 saturated carbocycles. The summed E-state index contributed by atoms with van der Waals surface area (Å²) in [5, 5.41) is 0.789. The van der Waals surface area contributed by atoms with Crippen LogP contribution >= 0.6 is 38.9 Å². The maximum Gasteiger partial charge on any atom is 0.252 e. The van der Waals surface area contributed by atoms with E-state index in [1.165, 1.54) is 4.31 Å². The molecule has 0 saturated heterocycles. The summed E-state index contributed by atoms with van der Waals surface area (Å²) in [5.74, 6) is 0. The molecule has 3 nitrogen and oxygen atoms in total. The van der Waals surface area contributed by atoms with Crippen molar-refractivity contribution in [1.82, 2.24) is 4.31 Å². The van der Waals surface area contributed by atoms with Crippen LogP contribution in [0, 0.1) is 6.92 Å². The molecule has 0 spiro atoms. The van der Waals surface area contributed by atoms with Crippen LogP contribution in [-0.4, -0.2) is 31.6 Å².